The van der Waals surface area contributed by atoms with Crippen molar-refractivity contribution >= 4 is 11.5 Å². The van der Waals surface area contributed by atoms with Crippen LogP contribution in [0.5, 0.6) is 0 Å². The molecule has 0 unspecified atom stereocenters. The van der Waals surface area contributed by atoms with Gasteiger partial charge in [-0.3, -0.25) is 10.1 Å². The molecular formula is C13H15N3O4. The molecule has 2 rings (SSSR count). The first-order valence-corrected chi connectivity index (χ1v) is 6.17. The van der Waals surface area contributed by atoms with Gasteiger partial charge in [-0.05, 0) is 18.2 Å². The second kappa shape index (κ2) is 6.67. The molecule has 0 bridgehead atoms. The summed E-state index contributed by atoms with van der Waals surface area (Å²) in [6, 6.07) is 6.50. The third-order valence-corrected chi connectivity index (χ3v) is 2.87. The van der Waals surface area contributed by atoms with Gasteiger partial charge in [0.25, 0.3) is 0 Å². The number of nitro groups is 1. The minimum atomic E-state index is -0.490. The van der Waals surface area contributed by atoms with Gasteiger partial charge in [-0.2, -0.15) is 0 Å². The van der Waals surface area contributed by atoms with Crippen molar-refractivity contribution in [1.82, 2.24) is 4.98 Å². The van der Waals surface area contributed by atoms with Gasteiger partial charge in [-0.15, -0.1) is 0 Å². The van der Waals surface area contributed by atoms with Crippen LogP contribution >= 0.6 is 0 Å². The van der Waals surface area contributed by atoms with Crippen LogP contribution in [-0.2, 0) is 6.42 Å². The molecule has 0 saturated carbocycles. The van der Waals surface area contributed by atoms with Crippen molar-refractivity contribution < 1.29 is 14.4 Å². The molecule has 0 radical (unpaired) electrons. The quantitative estimate of drug-likeness (QED) is 0.591. The lowest BCUT2D eigenvalue weighted by Crippen LogP contribution is -2.21. The summed E-state index contributed by atoms with van der Waals surface area (Å²) >= 11 is 0. The predicted octanol–water partition coefficient (Wildman–Crippen LogP) is 1.85. The molecule has 2 heterocycles. The lowest BCUT2D eigenvalue weighted by atomic mass is 10.1. The summed E-state index contributed by atoms with van der Waals surface area (Å²) in [6.07, 6.45) is 3.60. The summed E-state index contributed by atoms with van der Waals surface area (Å²) in [5, 5.41) is 23.1. The van der Waals surface area contributed by atoms with Gasteiger partial charge < -0.3 is 14.8 Å². The Labute approximate surface area is 115 Å². The third-order valence-electron chi connectivity index (χ3n) is 2.87. The van der Waals surface area contributed by atoms with E-state index in [0.29, 0.717) is 13.0 Å². The first kappa shape index (κ1) is 14.0. The number of aliphatic hydroxyl groups excluding tert-OH is 1. The molecule has 106 valence electrons. The molecule has 0 spiro atoms. The fourth-order valence-electron chi connectivity index (χ4n) is 1.84. The number of nitrogens with one attached hydrogen (secondary N) is 1. The van der Waals surface area contributed by atoms with Crippen molar-refractivity contribution in [2.24, 2.45) is 5.92 Å². The van der Waals surface area contributed by atoms with Gasteiger partial charge in [-0.25, -0.2) is 4.98 Å². The SMILES string of the molecule is O=[N+]([O-])c1cccnc1NC[C@@H](CO)Cc1ccco1. The molecule has 2 N–H and O–H groups in total. The number of pyridine rings is 1. The fraction of sp³-hybridized carbons (Fsp3) is 0.308. The first-order valence-electron chi connectivity index (χ1n) is 6.17. The van der Waals surface area contributed by atoms with E-state index in [2.05, 4.69) is 10.3 Å². The van der Waals surface area contributed by atoms with E-state index in [-0.39, 0.29) is 24.0 Å². The Bertz CT molecular complexity index is 557. The van der Waals surface area contributed by atoms with Gasteiger partial charge in [0, 0.05) is 37.8 Å². The smallest absolute Gasteiger partial charge is 0.311 e. The Kier molecular flexibility index (Phi) is 4.67. The average molecular weight is 277 g/mol. The molecule has 2 aromatic heterocycles. The Balaban J connectivity index is 1.98. The summed E-state index contributed by atoms with van der Waals surface area (Å²) in [6.45, 7) is 0.323. The number of hydrogen-bond acceptors (Lipinski definition) is 6. The van der Waals surface area contributed by atoms with E-state index in [9.17, 15) is 15.2 Å². The van der Waals surface area contributed by atoms with E-state index in [1.165, 1.54) is 18.3 Å². The first-order chi connectivity index (χ1) is 9.70. The van der Waals surface area contributed by atoms with Crippen LogP contribution in [-0.4, -0.2) is 28.2 Å². The van der Waals surface area contributed by atoms with Crippen LogP contribution in [0.2, 0.25) is 0 Å². The number of aliphatic hydroxyl groups is 1. The summed E-state index contributed by atoms with van der Waals surface area (Å²) in [4.78, 5) is 14.3. The molecule has 0 aliphatic rings. The minimum absolute atomic E-state index is 0.0473. The Morgan fingerprint density at radius 1 is 1.45 bits per heavy atom. The van der Waals surface area contributed by atoms with Crippen LogP contribution in [0.25, 0.3) is 0 Å². The Hall–Kier alpha value is -2.41. The molecule has 0 aromatic carbocycles. The Morgan fingerprint density at radius 3 is 2.95 bits per heavy atom. The van der Waals surface area contributed by atoms with Gasteiger partial charge in [-0.1, -0.05) is 0 Å². The maximum atomic E-state index is 10.9. The molecule has 0 amide bonds. The lowest BCUT2D eigenvalue weighted by Gasteiger charge is -2.14. The minimum Gasteiger partial charge on any atom is -0.469 e. The van der Waals surface area contributed by atoms with Gasteiger partial charge in [0.1, 0.15) is 5.76 Å². The van der Waals surface area contributed by atoms with Crippen molar-refractivity contribution in [2.75, 3.05) is 18.5 Å². The molecule has 0 fully saturated rings. The van der Waals surface area contributed by atoms with E-state index >= 15 is 0 Å². The number of anilines is 1. The second-order valence-electron chi connectivity index (χ2n) is 4.34. The molecule has 0 saturated heterocycles. The molecule has 1 atom stereocenters. The van der Waals surface area contributed by atoms with Gasteiger partial charge in [0.2, 0.25) is 5.82 Å². The summed E-state index contributed by atoms with van der Waals surface area (Å²) < 4.78 is 5.22. The summed E-state index contributed by atoms with van der Waals surface area (Å²) in [5.41, 5.74) is -0.0813. The van der Waals surface area contributed by atoms with Crippen LogP contribution in [0, 0.1) is 16.0 Å². The van der Waals surface area contributed by atoms with Crippen LogP contribution < -0.4 is 5.32 Å². The van der Waals surface area contributed by atoms with E-state index in [4.69, 9.17) is 4.42 Å². The summed E-state index contributed by atoms with van der Waals surface area (Å²) in [5.74, 6) is 0.861. The third kappa shape index (κ3) is 3.55. The molecule has 2 aromatic rings. The zero-order valence-electron chi connectivity index (χ0n) is 10.7. The normalized spacial score (nSPS) is 12.1. The number of aromatic nitrogens is 1. The van der Waals surface area contributed by atoms with Crippen LogP contribution in [0.4, 0.5) is 11.5 Å². The zero-order chi connectivity index (χ0) is 14.4. The number of rotatable bonds is 7. The van der Waals surface area contributed by atoms with Crippen molar-refractivity contribution in [3.05, 3.63) is 52.6 Å². The van der Waals surface area contributed by atoms with Gasteiger partial charge >= 0.3 is 5.69 Å². The predicted molar refractivity (Wildman–Crippen MR) is 72.4 cm³/mol. The summed E-state index contributed by atoms with van der Waals surface area (Å²) in [7, 11) is 0. The zero-order valence-corrected chi connectivity index (χ0v) is 10.7. The highest BCUT2D eigenvalue weighted by molar-refractivity contribution is 5.55. The van der Waals surface area contributed by atoms with E-state index < -0.39 is 4.92 Å². The largest absolute Gasteiger partial charge is 0.469 e. The van der Waals surface area contributed by atoms with Crippen molar-refractivity contribution in [3.63, 3.8) is 0 Å². The number of nitrogens with zero attached hydrogens (tertiary/aromatic N) is 2. The van der Waals surface area contributed by atoms with Crippen LogP contribution in [0.3, 0.4) is 0 Å². The van der Waals surface area contributed by atoms with E-state index in [0.717, 1.165) is 5.76 Å². The molecule has 20 heavy (non-hydrogen) atoms. The van der Waals surface area contributed by atoms with Crippen LogP contribution in [0.1, 0.15) is 5.76 Å². The molecule has 7 nitrogen and oxygen atoms in total. The highest BCUT2D eigenvalue weighted by Crippen LogP contribution is 2.21. The van der Waals surface area contributed by atoms with Crippen molar-refractivity contribution in [2.45, 2.75) is 6.42 Å². The molecule has 0 aliphatic carbocycles. The van der Waals surface area contributed by atoms with Gasteiger partial charge in [0.15, 0.2) is 0 Å². The second-order valence-corrected chi connectivity index (χ2v) is 4.34. The Morgan fingerprint density at radius 2 is 2.30 bits per heavy atom. The number of furan rings is 1. The van der Waals surface area contributed by atoms with Crippen LogP contribution in [0.15, 0.2) is 41.1 Å². The molecule has 7 heteroatoms. The lowest BCUT2D eigenvalue weighted by molar-refractivity contribution is -0.384. The number of hydrogen-bond donors (Lipinski definition) is 2. The highest BCUT2D eigenvalue weighted by Gasteiger charge is 2.16. The average Bonchev–Trinajstić information content (AvgIpc) is 2.96. The maximum absolute atomic E-state index is 10.9. The van der Waals surface area contributed by atoms with E-state index in [1.54, 1.807) is 12.3 Å². The highest BCUT2D eigenvalue weighted by atomic mass is 16.6. The molecular weight excluding hydrogens is 262 g/mol. The van der Waals surface area contributed by atoms with Crippen molar-refractivity contribution in [3.8, 4) is 0 Å². The van der Waals surface area contributed by atoms with Gasteiger partial charge in [0.05, 0.1) is 11.2 Å². The maximum Gasteiger partial charge on any atom is 0.311 e. The monoisotopic (exact) mass is 277 g/mol. The fourth-order valence-corrected chi connectivity index (χ4v) is 1.84. The topological polar surface area (TPSA) is 101 Å². The standard InChI is InChI=1S/C13H15N3O4/c17-9-10(7-11-3-2-6-20-11)8-15-13-12(16(18)19)4-1-5-14-13/h1-6,10,17H,7-9H2,(H,14,15)/t10-/m0/s1. The molecule has 0 aliphatic heterocycles. The van der Waals surface area contributed by atoms with Crippen molar-refractivity contribution in [1.29, 1.82) is 0 Å². The van der Waals surface area contributed by atoms with E-state index in [1.807, 2.05) is 6.07 Å².